The van der Waals surface area contributed by atoms with Crippen LogP contribution in [0.3, 0.4) is 0 Å². The first-order valence-electron chi connectivity index (χ1n) is 6.58. The number of nitrogens with zero attached hydrogens (tertiary/aromatic N) is 1. The molecule has 0 radical (unpaired) electrons. The average molecular weight is 261 g/mol. The SMILES string of the molecule is NC1CCC(CNS(=O)(=O)N2CCCC2)CC1. The average Bonchev–Trinajstić information content (AvgIpc) is 2.82. The van der Waals surface area contributed by atoms with E-state index in [1.54, 1.807) is 4.31 Å². The first kappa shape index (κ1) is 13.3. The van der Waals surface area contributed by atoms with E-state index in [2.05, 4.69) is 4.72 Å². The molecule has 0 aromatic heterocycles. The summed E-state index contributed by atoms with van der Waals surface area (Å²) in [6.45, 7) is 1.92. The summed E-state index contributed by atoms with van der Waals surface area (Å²) in [7, 11) is -3.22. The molecule has 5 nitrogen and oxygen atoms in total. The molecule has 1 saturated heterocycles. The lowest BCUT2D eigenvalue weighted by Gasteiger charge is -2.27. The van der Waals surface area contributed by atoms with Gasteiger partial charge in [0.05, 0.1) is 0 Å². The molecule has 0 aromatic rings. The fraction of sp³-hybridized carbons (Fsp3) is 1.00. The predicted molar refractivity (Wildman–Crippen MR) is 67.7 cm³/mol. The van der Waals surface area contributed by atoms with Crippen LogP contribution in [-0.4, -0.2) is 38.4 Å². The Labute approximate surface area is 104 Å². The monoisotopic (exact) mass is 261 g/mol. The minimum absolute atomic E-state index is 0.321. The number of hydrogen-bond donors (Lipinski definition) is 2. The fourth-order valence-corrected chi connectivity index (χ4v) is 4.00. The third-order valence-corrected chi connectivity index (χ3v) is 5.43. The zero-order valence-electron chi connectivity index (χ0n) is 10.3. The molecule has 0 unspecified atom stereocenters. The molecule has 2 fully saturated rings. The van der Waals surface area contributed by atoms with Crippen molar-refractivity contribution in [3.8, 4) is 0 Å². The summed E-state index contributed by atoms with van der Waals surface area (Å²) in [5, 5.41) is 0. The first-order chi connectivity index (χ1) is 8.08. The van der Waals surface area contributed by atoms with Crippen LogP contribution in [0.5, 0.6) is 0 Å². The quantitative estimate of drug-likeness (QED) is 0.771. The highest BCUT2D eigenvalue weighted by molar-refractivity contribution is 7.87. The third-order valence-electron chi connectivity index (χ3n) is 3.85. The molecule has 2 aliphatic rings. The zero-order chi connectivity index (χ0) is 12.3. The van der Waals surface area contributed by atoms with Gasteiger partial charge < -0.3 is 5.73 Å². The molecule has 1 saturated carbocycles. The molecule has 0 atom stereocenters. The second-order valence-electron chi connectivity index (χ2n) is 5.24. The van der Waals surface area contributed by atoms with Crippen molar-refractivity contribution < 1.29 is 8.42 Å². The number of nitrogens with two attached hydrogens (primary N) is 1. The Bertz CT molecular complexity index is 331. The standard InChI is InChI=1S/C11H23N3O2S/c12-11-5-3-10(4-6-11)9-13-17(15,16)14-7-1-2-8-14/h10-11,13H,1-9,12H2. The number of nitrogens with one attached hydrogen (secondary N) is 1. The summed E-state index contributed by atoms with van der Waals surface area (Å²) in [4.78, 5) is 0. The highest BCUT2D eigenvalue weighted by Gasteiger charge is 2.26. The molecule has 1 heterocycles. The summed E-state index contributed by atoms with van der Waals surface area (Å²) in [5.74, 6) is 0.465. The predicted octanol–water partition coefficient (Wildman–Crippen LogP) is 0.434. The zero-order valence-corrected chi connectivity index (χ0v) is 11.1. The van der Waals surface area contributed by atoms with E-state index in [1.807, 2.05) is 0 Å². The van der Waals surface area contributed by atoms with E-state index >= 15 is 0 Å². The minimum atomic E-state index is -3.22. The van der Waals surface area contributed by atoms with Crippen LogP contribution < -0.4 is 10.5 Å². The van der Waals surface area contributed by atoms with E-state index in [0.29, 0.717) is 31.6 Å². The van der Waals surface area contributed by atoms with E-state index in [4.69, 9.17) is 5.73 Å². The van der Waals surface area contributed by atoms with Crippen LogP contribution in [0.15, 0.2) is 0 Å². The smallest absolute Gasteiger partial charge is 0.279 e. The van der Waals surface area contributed by atoms with Gasteiger partial charge in [0.1, 0.15) is 0 Å². The molecule has 6 heteroatoms. The number of rotatable bonds is 4. The Morgan fingerprint density at radius 1 is 1.12 bits per heavy atom. The molecule has 0 spiro atoms. The summed E-state index contributed by atoms with van der Waals surface area (Å²) in [6.07, 6.45) is 6.11. The maximum absolute atomic E-state index is 11.9. The Kier molecular flexibility index (Phi) is 4.41. The second-order valence-corrected chi connectivity index (χ2v) is 7.00. The maximum Gasteiger partial charge on any atom is 0.279 e. The Balaban J connectivity index is 1.77. The molecule has 17 heavy (non-hydrogen) atoms. The molecule has 0 aromatic carbocycles. The van der Waals surface area contributed by atoms with Gasteiger partial charge in [0.2, 0.25) is 0 Å². The van der Waals surface area contributed by atoms with Crippen molar-refractivity contribution in [2.75, 3.05) is 19.6 Å². The van der Waals surface area contributed by atoms with Crippen LogP contribution >= 0.6 is 0 Å². The molecular weight excluding hydrogens is 238 g/mol. The summed E-state index contributed by atoms with van der Waals surface area (Å²) < 4.78 is 28.2. The lowest BCUT2D eigenvalue weighted by atomic mass is 9.87. The number of hydrogen-bond acceptors (Lipinski definition) is 3. The van der Waals surface area contributed by atoms with Crippen molar-refractivity contribution in [2.45, 2.75) is 44.6 Å². The largest absolute Gasteiger partial charge is 0.328 e. The Hall–Kier alpha value is -0.170. The molecule has 0 bridgehead atoms. The van der Waals surface area contributed by atoms with E-state index in [0.717, 1.165) is 38.5 Å². The van der Waals surface area contributed by atoms with E-state index in [-0.39, 0.29) is 0 Å². The topological polar surface area (TPSA) is 75.4 Å². The van der Waals surface area contributed by atoms with Crippen molar-refractivity contribution >= 4 is 10.2 Å². The summed E-state index contributed by atoms with van der Waals surface area (Å²) in [6, 6.07) is 0.321. The molecule has 2 rings (SSSR count). The molecule has 0 amide bonds. The van der Waals surface area contributed by atoms with Gasteiger partial charge in [-0.1, -0.05) is 0 Å². The Morgan fingerprint density at radius 3 is 2.29 bits per heavy atom. The van der Waals surface area contributed by atoms with E-state index < -0.39 is 10.2 Å². The van der Waals surface area contributed by atoms with Crippen molar-refractivity contribution in [1.82, 2.24) is 9.03 Å². The van der Waals surface area contributed by atoms with Crippen LogP contribution in [0, 0.1) is 5.92 Å². The lowest BCUT2D eigenvalue weighted by molar-refractivity contribution is 0.323. The maximum atomic E-state index is 11.9. The van der Waals surface area contributed by atoms with Gasteiger partial charge in [-0.05, 0) is 44.4 Å². The van der Waals surface area contributed by atoms with Crippen molar-refractivity contribution in [1.29, 1.82) is 0 Å². The van der Waals surface area contributed by atoms with Gasteiger partial charge >= 0.3 is 0 Å². The van der Waals surface area contributed by atoms with E-state index in [1.165, 1.54) is 0 Å². The molecule has 100 valence electrons. The van der Waals surface area contributed by atoms with Crippen LogP contribution in [-0.2, 0) is 10.2 Å². The van der Waals surface area contributed by atoms with Crippen molar-refractivity contribution in [3.63, 3.8) is 0 Å². The fourth-order valence-electron chi connectivity index (χ4n) is 2.64. The van der Waals surface area contributed by atoms with Crippen LogP contribution in [0.4, 0.5) is 0 Å². The molecular formula is C11H23N3O2S. The van der Waals surface area contributed by atoms with Gasteiger partial charge in [0.25, 0.3) is 10.2 Å². The summed E-state index contributed by atoms with van der Waals surface area (Å²) >= 11 is 0. The van der Waals surface area contributed by atoms with Gasteiger partial charge in [-0.25, -0.2) is 4.72 Å². The summed E-state index contributed by atoms with van der Waals surface area (Å²) in [5.41, 5.74) is 5.83. The lowest BCUT2D eigenvalue weighted by Crippen LogP contribution is -2.42. The highest BCUT2D eigenvalue weighted by atomic mass is 32.2. The van der Waals surface area contributed by atoms with Gasteiger partial charge in [-0.2, -0.15) is 12.7 Å². The van der Waals surface area contributed by atoms with Gasteiger partial charge in [-0.15, -0.1) is 0 Å². The highest BCUT2D eigenvalue weighted by Crippen LogP contribution is 2.22. The van der Waals surface area contributed by atoms with Crippen LogP contribution in [0.1, 0.15) is 38.5 Å². The first-order valence-corrected chi connectivity index (χ1v) is 8.02. The van der Waals surface area contributed by atoms with Gasteiger partial charge in [0, 0.05) is 25.7 Å². The molecule has 1 aliphatic heterocycles. The van der Waals surface area contributed by atoms with Gasteiger partial charge in [0.15, 0.2) is 0 Å². The van der Waals surface area contributed by atoms with Crippen LogP contribution in [0.25, 0.3) is 0 Å². The normalized spacial score (nSPS) is 31.8. The van der Waals surface area contributed by atoms with Crippen molar-refractivity contribution in [2.24, 2.45) is 11.7 Å². The van der Waals surface area contributed by atoms with Crippen molar-refractivity contribution in [3.05, 3.63) is 0 Å². The van der Waals surface area contributed by atoms with Crippen LogP contribution in [0.2, 0.25) is 0 Å². The van der Waals surface area contributed by atoms with E-state index in [9.17, 15) is 8.42 Å². The Morgan fingerprint density at radius 2 is 1.71 bits per heavy atom. The minimum Gasteiger partial charge on any atom is -0.328 e. The second kappa shape index (κ2) is 5.65. The van der Waals surface area contributed by atoms with Gasteiger partial charge in [-0.3, -0.25) is 0 Å². The third kappa shape index (κ3) is 3.64. The molecule has 3 N–H and O–H groups in total. The molecule has 1 aliphatic carbocycles.